The van der Waals surface area contributed by atoms with Gasteiger partial charge in [-0.05, 0) is 18.2 Å². The molecule has 3 aromatic heterocycles. The first-order chi connectivity index (χ1) is 18.6. The highest BCUT2D eigenvalue weighted by Gasteiger charge is 2.25. The molecule has 15 heteroatoms. The summed E-state index contributed by atoms with van der Waals surface area (Å²) in [6, 6.07) is 6.36. The number of fused-ring (bicyclic) bond motifs is 1. The van der Waals surface area contributed by atoms with Gasteiger partial charge in [0, 0.05) is 43.4 Å². The topological polar surface area (TPSA) is 157 Å². The minimum atomic E-state index is -4.37. The second-order valence-electron chi connectivity index (χ2n) is 8.68. The summed E-state index contributed by atoms with van der Waals surface area (Å²) in [4.78, 5) is 36.8. The van der Waals surface area contributed by atoms with Crippen LogP contribution in [0.15, 0.2) is 52.4 Å². The maximum Gasteiger partial charge on any atom is 0.267 e. The van der Waals surface area contributed by atoms with Gasteiger partial charge in [0.05, 0.1) is 29.4 Å². The Morgan fingerprint density at radius 3 is 2.69 bits per heavy atom. The number of carbonyl (C=O) groups is 1. The number of carbonyl (C=O) groups excluding carboxylic acids is 1. The van der Waals surface area contributed by atoms with Gasteiger partial charge in [-0.1, -0.05) is 23.7 Å². The summed E-state index contributed by atoms with van der Waals surface area (Å²) < 4.78 is 50.2. The van der Waals surface area contributed by atoms with Crippen molar-refractivity contribution in [1.82, 2.24) is 24.8 Å². The van der Waals surface area contributed by atoms with Gasteiger partial charge in [-0.25, -0.2) is 22.8 Å². The fourth-order valence-corrected chi connectivity index (χ4v) is 5.60. The van der Waals surface area contributed by atoms with Crippen LogP contribution in [0.25, 0.3) is 22.2 Å². The Balaban J connectivity index is 1.51. The largest absolute Gasteiger partial charge is 0.480 e. The molecule has 4 aromatic rings. The van der Waals surface area contributed by atoms with Crippen LogP contribution in [0.3, 0.4) is 0 Å². The third kappa shape index (κ3) is 5.07. The van der Waals surface area contributed by atoms with Crippen LogP contribution in [0.1, 0.15) is 6.42 Å². The summed E-state index contributed by atoms with van der Waals surface area (Å²) >= 11 is 5.91. The summed E-state index contributed by atoms with van der Waals surface area (Å²) in [6.45, 7) is 0.429. The van der Waals surface area contributed by atoms with E-state index in [1.54, 1.807) is 0 Å². The van der Waals surface area contributed by atoms with Crippen LogP contribution in [0.2, 0.25) is 5.02 Å². The third-order valence-electron chi connectivity index (χ3n) is 6.06. The van der Waals surface area contributed by atoms with Gasteiger partial charge in [-0.2, -0.15) is 4.98 Å². The van der Waals surface area contributed by atoms with E-state index in [1.165, 1.54) is 55.4 Å². The zero-order chi connectivity index (χ0) is 27.9. The third-order valence-corrected chi connectivity index (χ3v) is 7.63. The highest BCUT2D eigenvalue weighted by Crippen LogP contribution is 2.31. The predicted molar refractivity (Wildman–Crippen MR) is 142 cm³/mol. The molecule has 0 unspecified atom stereocenters. The van der Waals surface area contributed by atoms with Gasteiger partial charge in [0.25, 0.3) is 15.6 Å². The van der Waals surface area contributed by atoms with Gasteiger partial charge in [0.2, 0.25) is 17.7 Å². The molecule has 5 rings (SSSR count). The number of sulfonamides is 1. The van der Waals surface area contributed by atoms with Crippen molar-refractivity contribution in [1.29, 1.82) is 0 Å². The van der Waals surface area contributed by atoms with Crippen LogP contribution >= 0.6 is 11.6 Å². The summed E-state index contributed by atoms with van der Waals surface area (Å²) in [5.74, 6) is -1.04. The first kappa shape index (κ1) is 26.3. The number of hydrogen-bond acceptors (Lipinski definition) is 9. The van der Waals surface area contributed by atoms with Gasteiger partial charge in [-0.15, -0.1) is 0 Å². The molecule has 3 N–H and O–H groups in total. The highest BCUT2D eigenvalue weighted by molar-refractivity contribution is 7.92. The fraction of sp³-hybridized carbons (Fsp3) is 0.208. The number of benzene rings is 1. The Morgan fingerprint density at radius 1 is 1.18 bits per heavy atom. The lowest BCUT2D eigenvalue weighted by Gasteiger charge is -2.15. The lowest BCUT2D eigenvalue weighted by atomic mass is 10.0. The highest BCUT2D eigenvalue weighted by atomic mass is 35.5. The molecule has 4 heterocycles. The zero-order valence-electron chi connectivity index (χ0n) is 20.5. The van der Waals surface area contributed by atoms with E-state index in [4.69, 9.17) is 16.3 Å². The van der Waals surface area contributed by atoms with Crippen LogP contribution in [0, 0.1) is 5.82 Å². The molecule has 1 aromatic carbocycles. The van der Waals surface area contributed by atoms with Crippen molar-refractivity contribution in [2.75, 3.05) is 23.7 Å². The van der Waals surface area contributed by atoms with Crippen LogP contribution in [0.5, 0.6) is 5.88 Å². The van der Waals surface area contributed by atoms with Crippen molar-refractivity contribution in [3.05, 3.63) is 63.9 Å². The lowest BCUT2D eigenvalue weighted by molar-refractivity contribution is -0.119. The number of halogens is 2. The van der Waals surface area contributed by atoms with Gasteiger partial charge in [0.1, 0.15) is 5.65 Å². The lowest BCUT2D eigenvalue weighted by Crippen LogP contribution is -2.24. The number of aromatic nitrogens is 4. The standard InChI is InChI=1S/C24H21ClFN7O5S/c1-33-21-12(9-29-24(31-21)30-14-8-19(34)27-11-14)6-16(23(33)35)15-4-3-5-17(20(15)26)32-39(36,37)18-7-13(25)10-28-22(18)38-2/h3-7,9-10,14,32H,8,11H2,1-2H3,(H,27,34)(H,29,30,31)/t14-/m1/s1. The minimum absolute atomic E-state index is 0.0274. The van der Waals surface area contributed by atoms with E-state index in [0.717, 1.165) is 6.07 Å². The van der Waals surface area contributed by atoms with E-state index in [1.807, 2.05) is 0 Å². The first-order valence-electron chi connectivity index (χ1n) is 11.5. The molecule has 0 radical (unpaired) electrons. The molecule has 0 saturated carbocycles. The Bertz CT molecular complexity index is 1800. The molecule has 0 bridgehead atoms. The van der Waals surface area contributed by atoms with Crippen molar-refractivity contribution in [3.8, 4) is 17.0 Å². The van der Waals surface area contributed by atoms with E-state index in [2.05, 4.69) is 30.3 Å². The number of hydrogen-bond donors (Lipinski definition) is 3. The van der Waals surface area contributed by atoms with E-state index >= 15 is 4.39 Å². The molecule has 202 valence electrons. The average molecular weight is 574 g/mol. The number of methoxy groups -OCH3 is 1. The summed E-state index contributed by atoms with van der Waals surface area (Å²) in [7, 11) is -1.65. The fourth-order valence-electron chi connectivity index (χ4n) is 4.17. The molecule has 12 nitrogen and oxygen atoms in total. The molecular formula is C24H21ClFN7O5S. The second-order valence-corrected chi connectivity index (χ2v) is 10.8. The van der Waals surface area contributed by atoms with Crippen molar-refractivity contribution < 1.29 is 22.3 Å². The summed E-state index contributed by atoms with van der Waals surface area (Å²) in [5.41, 5.74) is -0.833. The number of rotatable bonds is 7. The smallest absolute Gasteiger partial charge is 0.267 e. The average Bonchev–Trinajstić information content (AvgIpc) is 3.32. The normalized spacial score (nSPS) is 15.3. The van der Waals surface area contributed by atoms with Crippen LogP contribution in [-0.2, 0) is 21.9 Å². The maximum absolute atomic E-state index is 15.7. The number of ether oxygens (including phenoxy) is 1. The Morgan fingerprint density at radius 2 is 1.97 bits per heavy atom. The molecule has 39 heavy (non-hydrogen) atoms. The van der Waals surface area contributed by atoms with Crippen LogP contribution in [-0.4, -0.2) is 53.5 Å². The Kier molecular flexibility index (Phi) is 6.82. The first-order valence-corrected chi connectivity index (χ1v) is 13.3. The molecule has 1 saturated heterocycles. The van der Waals surface area contributed by atoms with Crippen LogP contribution < -0.4 is 25.7 Å². The van der Waals surface area contributed by atoms with Crippen molar-refractivity contribution >= 4 is 50.2 Å². The molecule has 1 amide bonds. The monoisotopic (exact) mass is 573 g/mol. The number of amides is 1. The molecule has 1 fully saturated rings. The maximum atomic E-state index is 15.7. The van der Waals surface area contributed by atoms with E-state index in [9.17, 15) is 18.0 Å². The predicted octanol–water partition coefficient (Wildman–Crippen LogP) is 2.29. The second kappa shape index (κ2) is 10.1. The van der Waals surface area contributed by atoms with Gasteiger partial charge in [-0.3, -0.25) is 18.9 Å². The van der Waals surface area contributed by atoms with Crippen LogP contribution in [0.4, 0.5) is 16.0 Å². The van der Waals surface area contributed by atoms with Gasteiger partial charge < -0.3 is 15.4 Å². The van der Waals surface area contributed by atoms with Gasteiger partial charge in [0.15, 0.2) is 10.7 Å². The molecule has 0 spiro atoms. The molecule has 1 aliphatic heterocycles. The Labute approximate surface area is 226 Å². The number of anilines is 2. The zero-order valence-corrected chi connectivity index (χ0v) is 22.1. The Hall–Kier alpha value is -4.30. The van der Waals surface area contributed by atoms with Crippen molar-refractivity contribution in [3.63, 3.8) is 0 Å². The number of nitrogens with zero attached hydrogens (tertiary/aromatic N) is 4. The van der Waals surface area contributed by atoms with Gasteiger partial charge >= 0.3 is 0 Å². The van der Waals surface area contributed by atoms with E-state index < -0.39 is 27.1 Å². The molecule has 1 aliphatic rings. The minimum Gasteiger partial charge on any atom is -0.480 e. The number of pyridine rings is 2. The van der Waals surface area contributed by atoms with Crippen molar-refractivity contribution in [2.45, 2.75) is 17.4 Å². The molecule has 0 aliphatic carbocycles. The SMILES string of the molecule is COc1ncc(Cl)cc1S(=O)(=O)Nc1cccc(-c2cc3cnc(N[C@H]4CNC(=O)C4)nc3n(C)c2=O)c1F. The van der Waals surface area contributed by atoms with E-state index in [-0.39, 0.29) is 56.9 Å². The van der Waals surface area contributed by atoms with E-state index in [0.29, 0.717) is 11.9 Å². The number of nitrogens with one attached hydrogen (secondary N) is 3. The number of aryl methyl sites for hydroxylation is 1. The quantitative estimate of drug-likeness (QED) is 0.302. The van der Waals surface area contributed by atoms with Crippen molar-refractivity contribution in [2.24, 2.45) is 7.05 Å². The molecule has 1 atom stereocenters. The summed E-state index contributed by atoms with van der Waals surface area (Å²) in [5, 5.41) is 6.24. The molecular weight excluding hydrogens is 553 g/mol. The summed E-state index contributed by atoms with van der Waals surface area (Å²) in [6.07, 6.45) is 2.96.